The number of aromatic nitrogens is 1. The largest absolute Gasteiger partial charge is 0.259 e. The lowest BCUT2D eigenvalue weighted by Gasteiger charge is -1.94. The second kappa shape index (κ2) is 5.10. The molecule has 56 valence electrons. The minimum atomic E-state index is 0. The molecule has 0 fully saturated rings. The number of alkyl halides is 1. The van der Waals surface area contributed by atoms with E-state index >= 15 is 0 Å². The lowest BCUT2D eigenvalue weighted by atomic mass is 10.4. The maximum atomic E-state index is 5.73. The molecular formula is C6H6Br2ClN. The molecule has 0 N–H and O–H groups in total. The van der Waals surface area contributed by atoms with Gasteiger partial charge in [-0.15, -0.1) is 17.0 Å². The SMILES string of the molecule is Br.Clc1cccnc1CBr. The molecule has 10 heavy (non-hydrogen) atoms. The monoisotopic (exact) mass is 285 g/mol. The van der Waals surface area contributed by atoms with E-state index in [9.17, 15) is 0 Å². The van der Waals surface area contributed by atoms with Crippen LogP contribution < -0.4 is 0 Å². The summed E-state index contributed by atoms with van der Waals surface area (Å²) in [7, 11) is 0. The van der Waals surface area contributed by atoms with Gasteiger partial charge in [-0.2, -0.15) is 0 Å². The van der Waals surface area contributed by atoms with Crippen LogP contribution in [0.25, 0.3) is 0 Å². The molecule has 1 aromatic heterocycles. The number of hydrogen-bond acceptors (Lipinski definition) is 1. The van der Waals surface area contributed by atoms with Crippen molar-refractivity contribution in [2.45, 2.75) is 5.33 Å². The Kier molecular flexibility index (Phi) is 5.31. The zero-order chi connectivity index (χ0) is 6.69. The molecule has 0 unspecified atom stereocenters. The van der Waals surface area contributed by atoms with Crippen molar-refractivity contribution in [1.82, 2.24) is 4.98 Å². The summed E-state index contributed by atoms with van der Waals surface area (Å²) in [5.74, 6) is 0. The van der Waals surface area contributed by atoms with E-state index < -0.39 is 0 Å². The van der Waals surface area contributed by atoms with E-state index in [0.29, 0.717) is 5.33 Å². The normalized spacial score (nSPS) is 8.60. The molecule has 0 spiro atoms. The van der Waals surface area contributed by atoms with Crippen LogP contribution in [0.3, 0.4) is 0 Å². The third kappa shape index (κ3) is 2.56. The Morgan fingerprint density at radius 3 is 2.70 bits per heavy atom. The summed E-state index contributed by atoms with van der Waals surface area (Å²) in [6, 6.07) is 3.64. The number of pyridine rings is 1. The first-order valence-electron chi connectivity index (χ1n) is 2.50. The number of hydrogen-bond donors (Lipinski definition) is 0. The van der Waals surface area contributed by atoms with Crippen molar-refractivity contribution >= 4 is 44.5 Å². The zero-order valence-electron chi connectivity index (χ0n) is 5.05. The Morgan fingerprint density at radius 2 is 2.30 bits per heavy atom. The third-order valence-electron chi connectivity index (χ3n) is 0.961. The lowest BCUT2D eigenvalue weighted by Crippen LogP contribution is -1.82. The van der Waals surface area contributed by atoms with Gasteiger partial charge in [-0.3, -0.25) is 4.98 Å². The molecule has 0 atom stereocenters. The molecule has 1 nitrogen and oxygen atoms in total. The van der Waals surface area contributed by atoms with Gasteiger partial charge in [0.1, 0.15) is 0 Å². The van der Waals surface area contributed by atoms with Crippen molar-refractivity contribution in [2.75, 3.05) is 0 Å². The Labute approximate surface area is 83.7 Å². The molecule has 0 aliphatic rings. The molecule has 0 amide bonds. The highest BCUT2D eigenvalue weighted by Crippen LogP contribution is 2.14. The number of nitrogens with zero attached hydrogens (tertiary/aromatic N) is 1. The van der Waals surface area contributed by atoms with Crippen molar-refractivity contribution in [1.29, 1.82) is 0 Å². The Morgan fingerprint density at radius 1 is 1.60 bits per heavy atom. The zero-order valence-corrected chi connectivity index (χ0v) is 9.11. The van der Waals surface area contributed by atoms with Crippen LogP contribution >= 0.6 is 44.5 Å². The second-order valence-corrected chi connectivity index (χ2v) is 2.53. The van der Waals surface area contributed by atoms with Crippen molar-refractivity contribution in [3.63, 3.8) is 0 Å². The molecule has 0 aliphatic carbocycles. The van der Waals surface area contributed by atoms with Crippen LogP contribution in [0.1, 0.15) is 5.69 Å². The van der Waals surface area contributed by atoms with E-state index in [1.807, 2.05) is 12.1 Å². The quantitative estimate of drug-likeness (QED) is 0.723. The molecule has 1 aromatic rings. The van der Waals surface area contributed by atoms with Crippen LogP contribution in [0.4, 0.5) is 0 Å². The highest BCUT2D eigenvalue weighted by Gasteiger charge is 1.94. The third-order valence-corrected chi connectivity index (χ3v) is 1.84. The van der Waals surface area contributed by atoms with Gasteiger partial charge in [0.2, 0.25) is 0 Å². The number of halogens is 3. The van der Waals surface area contributed by atoms with Gasteiger partial charge in [-0.1, -0.05) is 27.5 Å². The maximum absolute atomic E-state index is 5.73. The van der Waals surface area contributed by atoms with E-state index in [1.54, 1.807) is 6.20 Å². The van der Waals surface area contributed by atoms with Gasteiger partial charge in [0.25, 0.3) is 0 Å². The highest BCUT2D eigenvalue weighted by molar-refractivity contribution is 9.08. The molecule has 1 heterocycles. The fraction of sp³-hybridized carbons (Fsp3) is 0.167. The molecule has 0 saturated carbocycles. The van der Waals surface area contributed by atoms with Crippen molar-refractivity contribution in [3.8, 4) is 0 Å². The minimum absolute atomic E-state index is 0. The van der Waals surface area contributed by atoms with E-state index in [1.165, 1.54) is 0 Å². The molecule has 1 rings (SSSR count). The Balaban J connectivity index is 0.000000810. The average Bonchev–Trinajstić information content (AvgIpc) is 1.89. The fourth-order valence-electron chi connectivity index (χ4n) is 0.517. The van der Waals surface area contributed by atoms with Crippen LogP contribution in [0, 0.1) is 0 Å². The van der Waals surface area contributed by atoms with Crippen LogP contribution in [-0.4, -0.2) is 4.98 Å². The topological polar surface area (TPSA) is 12.9 Å². The molecule has 0 aliphatic heterocycles. The van der Waals surface area contributed by atoms with Crippen LogP contribution in [0.2, 0.25) is 5.02 Å². The van der Waals surface area contributed by atoms with Gasteiger partial charge in [0, 0.05) is 11.5 Å². The Bertz CT molecular complexity index is 205. The van der Waals surface area contributed by atoms with Gasteiger partial charge in [0.05, 0.1) is 10.7 Å². The summed E-state index contributed by atoms with van der Waals surface area (Å²) in [5, 5.41) is 1.43. The summed E-state index contributed by atoms with van der Waals surface area (Å²) in [5.41, 5.74) is 0.888. The molecule has 0 aromatic carbocycles. The predicted octanol–water partition coefficient (Wildman–Crippen LogP) is 3.21. The van der Waals surface area contributed by atoms with E-state index in [2.05, 4.69) is 20.9 Å². The fourth-order valence-corrected chi connectivity index (χ4v) is 1.31. The van der Waals surface area contributed by atoms with Crippen molar-refractivity contribution in [3.05, 3.63) is 29.0 Å². The first-order valence-corrected chi connectivity index (χ1v) is 4.00. The Hall–Kier alpha value is 0.400. The van der Waals surface area contributed by atoms with Gasteiger partial charge in [-0.25, -0.2) is 0 Å². The molecular weight excluding hydrogens is 281 g/mol. The summed E-state index contributed by atoms with van der Waals surface area (Å²) in [6.07, 6.45) is 1.72. The standard InChI is InChI=1S/C6H5BrClN.BrH/c7-4-6-5(8)2-1-3-9-6;/h1-3H,4H2;1H. The van der Waals surface area contributed by atoms with Crippen molar-refractivity contribution in [2.24, 2.45) is 0 Å². The molecule has 0 bridgehead atoms. The van der Waals surface area contributed by atoms with E-state index in [-0.39, 0.29) is 17.0 Å². The number of rotatable bonds is 1. The van der Waals surface area contributed by atoms with Gasteiger partial charge < -0.3 is 0 Å². The smallest absolute Gasteiger partial charge is 0.0694 e. The summed E-state index contributed by atoms with van der Waals surface area (Å²) in [6.45, 7) is 0. The van der Waals surface area contributed by atoms with Gasteiger partial charge in [-0.05, 0) is 12.1 Å². The molecule has 4 heteroatoms. The highest BCUT2D eigenvalue weighted by atomic mass is 79.9. The van der Waals surface area contributed by atoms with Crippen LogP contribution in [-0.2, 0) is 5.33 Å². The van der Waals surface area contributed by atoms with Gasteiger partial charge >= 0.3 is 0 Å². The van der Waals surface area contributed by atoms with Crippen molar-refractivity contribution < 1.29 is 0 Å². The van der Waals surface area contributed by atoms with Crippen LogP contribution in [0.15, 0.2) is 18.3 Å². The maximum Gasteiger partial charge on any atom is 0.0694 e. The van der Waals surface area contributed by atoms with E-state index in [4.69, 9.17) is 11.6 Å². The van der Waals surface area contributed by atoms with Gasteiger partial charge in [0.15, 0.2) is 0 Å². The lowest BCUT2D eigenvalue weighted by molar-refractivity contribution is 1.19. The summed E-state index contributed by atoms with van der Waals surface area (Å²) >= 11 is 8.99. The minimum Gasteiger partial charge on any atom is -0.259 e. The predicted molar refractivity (Wildman–Crippen MR) is 52.2 cm³/mol. The summed E-state index contributed by atoms with van der Waals surface area (Å²) < 4.78 is 0. The van der Waals surface area contributed by atoms with Crippen LogP contribution in [0.5, 0.6) is 0 Å². The summed E-state index contributed by atoms with van der Waals surface area (Å²) in [4.78, 5) is 4.02. The second-order valence-electron chi connectivity index (χ2n) is 1.57. The first kappa shape index (κ1) is 10.4. The average molecular weight is 287 g/mol. The molecule has 0 saturated heterocycles. The molecule has 0 radical (unpaired) electrons. The van der Waals surface area contributed by atoms with E-state index in [0.717, 1.165) is 10.7 Å². The first-order chi connectivity index (χ1) is 4.34.